The molecule has 10 aromatic rings. The second-order valence-corrected chi connectivity index (χ2v) is 17.5. The number of benzene rings is 8. The lowest BCUT2D eigenvalue weighted by Gasteiger charge is -2.33. The molecule has 0 unspecified atom stereocenters. The van der Waals surface area contributed by atoms with Crippen molar-refractivity contribution in [2.45, 2.75) is 19.3 Å². The van der Waals surface area contributed by atoms with Crippen LogP contribution in [0.15, 0.2) is 205 Å². The quantitative estimate of drug-likeness (QED) is 0.112. The number of rotatable bonds is 8. The SMILES string of the molecule is CC1(C)c2ccccc2-c2cc3c(N(c4cccs4)c4ccccc4-c4ccccc4)c4ccccc4c(N(c4cccs4)c4ccccc4-c4ccccc4)c3cc21. The standard InChI is InChI=1S/C55H40N2S2/c1-55(2)47-28-14-11-25-41(47)44-35-45-46(36-48(44)55)54(57(52-32-18-34-59-52)50-30-16-13-24-40(50)38-21-7-4-8-22-38)43-27-10-9-26-42(43)53(45)56(51-31-17-33-58-51)49-29-15-12-23-39(49)37-19-5-3-6-20-37/h3-36H,1-2H3. The van der Waals surface area contributed by atoms with Gasteiger partial charge in [-0.2, -0.15) is 0 Å². The molecule has 0 bridgehead atoms. The minimum absolute atomic E-state index is 0.188. The zero-order chi connectivity index (χ0) is 39.5. The summed E-state index contributed by atoms with van der Waals surface area (Å²) < 4.78 is 0. The highest BCUT2D eigenvalue weighted by Gasteiger charge is 2.37. The van der Waals surface area contributed by atoms with Gasteiger partial charge in [-0.25, -0.2) is 0 Å². The van der Waals surface area contributed by atoms with E-state index >= 15 is 0 Å². The third-order valence-corrected chi connectivity index (χ3v) is 13.7. The average molecular weight is 793 g/mol. The van der Waals surface area contributed by atoms with Crippen molar-refractivity contribution in [1.29, 1.82) is 0 Å². The van der Waals surface area contributed by atoms with E-state index in [0.29, 0.717) is 0 Å². The number of hydrogen-bond donors (Lipinski definition) is 0. The van der Waals surface area contributed by atoms with Gasteiger partial charge in [-0.05, 0) is 92.7 Å². The van der Waals surface area contributed by atoms with E-state index in [0.717, 1.165) is 11.4 Å². The Kier molecular flexibility index (Phi) is 8.58. The van der Waals surface area contributed by atoms with Crippen LogP contribution < -0.4 is 9.80 Å². The Balaban J connectivity index is 1.32. The van der Waals surface area contributed by atoms with E-state index in [-0.39, 0.29) is 5.41 Å². The van der Waals surface area contributed by atoms with Gasteiger partial charge in [0.05, 0.1) is 32.8 Å². The van der Waals surface area contributed by atoms with E-state index in [2.05, 4.69) is 229 Å². The largest absolute Gasteiger partial charge is 0.300 e. The molecule has 0 saturated heterocycles. The normalized spacial score (nSPS) is 12.7. The lowest BCUT2D eigenvalue weighted by Crippen LogP contribution is -2.16. The predicted octanol–water partition coefficient (Wildman–Crippen LogP) is 16.7. The maximum Gasteiger partial charge on any atom is 0.1000 e. The van der Waals surface area contributed by atoms with Gasteiger partial charge in [0.1, 0.15) is 0 Å². The van der Waals surface area contributed by atoms with Crippen molar-refractivity contribution >= 4 is 77.0 Å². The molecule has 0 spiro atoms. The molecule has 1 aliphatic carbocycles. The third-order valence-electron chi connectivity index (χ3n) is 12.0. The number of thiophene rings is 2. The molecular weight excluding hydrogens is 753 g/mol. The zero-order valence-electron chi connectivity index (χ0n) is 32.8. The second kappa shape index (κ2) is 14.3. The summed E-state index contributed by atoms with van der Waals surface area (Å²) in [5.74, 6) is 0. The van der Waals surface area contributed by atoms with Gasteiger partial charge in [-0.1, -0.05) is 159 Å². The average Bonchev–Trinajstić information content (AvgIpc) is 4.07. The Morgan fingerprint density at radius 3 is 1.31 bits per heavy atom. The van der Waals surface area contributed by atoms with Gasteiger partial charge in [-0.15, -0.1) is 22.7 Å². The first-order chi connectivity index (χ1) is 29.1. The molecule has 0 aliphatic heterocycles. The van der Waals surface area contributed by atoms with Crippen molar-refractivity contribution in [2.24, 2.45) is 0 Å². The van der Waals surface area contributed by atoms with E-state index in [4.69, 9.17) is 0 Å². The minimum atomic E-state index is -0.188. The van der Waals surface area contributed by atoms with Crippen LogP contribution in [0.3, 0.4) is 0 Å². The highest BCUT2D eigenvalue weighted by molar-refractivity contribution is 7.14. The van der Waals surface area contributed by atoms with Crippen molar-refractivity contribution in [3.63, 3.8) is 0 Å². The second-order valence-electron chi connectivity index (χ2n) is 15.7. The Morgan fingerprint density at radius 2 is 0.797 bits per heavy atom. The topological polar surface area (TPSA) is 6.48 Å². The van der Waals surface area contributed by atoms with E-state index in [1.807, 2.05) is 0 Å². The molecule has 1 aliphatic rings. The van der Waals surface area contributed by atoms with Crippen molar-refractivity contribution in [3.05, 3.63) is 216 Å². The van der Waals surface area contributed by atoms with Gasteiger partial charge in [0, 0.05) is 38.1 Å². The Hall–Kier alpha value is -6.72. The van der Waals surface area contributed by atoms with E-state index in [1.165, 1.54) is 87.4 Å². The Labute approximate surface area is 353 Å². The monoisotopic (exact) mass is 792 g/mol. The Morgan fingerprint density at radius 1 is 0.356 bits per heavy atom. The fourth-order valence-corrected chi connectivity index (χ4v) is 10.9. The number of nitrogens with zero attached hydrogens (tertiary/aromatic N) is 2. The zero-order valence-corrected chi connectivity index (χ0v) is 34.5. The summed E-state index contributed by atoms with van der Waals surface area (Å²) in [6, 6.07) is 71.4. The first-order valence-electron chi connectivity index (χ1n) is 20.2. The van der Waals surface area contributed by atoms with Gasteiger partial charge in [0.15, 0.2) is 0 Å². The summed E-state index contributed by atoms with van der Waals surface area (Å²) in [4.78, 5) is 5.07. The van der Waals surface area contributed by atoms with Crippen LogP contribution in [0, 0.1) is 0 Å². The van der Waals surface area contributed by atoms with Crippen molar-refractivity contribution in [1.82, 2.24) is 0 Å². The van der Waals surface area contributed by atoms with Gasteiger partial charge >= 0.3 is 0 Å². The number of hydrogen-bond acceptors (Lipinski definition) is 4. The molecule has 0 N–H and O–H groups in total. The number of para-hydroxylation sites is 2. The molecule has 0 radical (unpaired) electrons. The van der Waals surface area contributed by atoms with Crippen LogP contribution in [-0.4, -0.2) is 0 Å². The van der Waals surface area contributed by atoms with Gasteiger partial charge in [-0.3, -0.25) is 0 Å². The summed E-state index contributed by atoms with van der Waals surface area (Å²) in [5, 5.41) is 11.5. The van der Waals surface area contributed by atoms with Crippen LogP contribution in [0.2, 0.25) is 0 Å². The number of fused-ring (bicyclic) bond motifs is 5. The van der Waals surface area contributed by atoms with E-state index in [1.54, 1.807) is 22.7 Å². The minimum Gasteiger partial charge on any atom is -0.300 e. The predicted molar refractivity (Wildman–Crippen MR) is 255 cm³/mol. The number of anilines is 6. The molecule has 2 heterocycles. The lowest BCUT2D eigenvalue weighted by atomic mass is 9.81. The van der Waals surface area contributed by atoms with Crippen LogP contribution >= 0.6 is 22.7 Å². The fourth-order valence-electron chi connectivity index (χ4n) is 9.36. The molecule has 8 aromatic carbocycles. The fraction of sp³-hybridized carbons (Fsp3) is 0.0545. The van der Waals surface area contributed by atoms with Crippen LogP contribution in [0.25, 0.3) is 54.9 Å². The summed E-state index contributed by atoms with van der Waals surface area (Å²) >= 11 is 3.56. The molecule has 2 aromatic heterocycles. The van der Waals surface area contributed by atoms with Crippen LogP contribution in [0.4, 0.5) is 32.8 Å². The molecule has 4 heteroatoms. The maximum atomic E-state index is 2.54. The molecule has 0 saturated carbocycles. The maximum absolute atomic E-state index is 2.54. The third kappa shape index (κ3) is 5.74. The van der Waals surface area contributed by atoms with Crippen molar-refractivity contribution < 1.29 is 0 Å². The summed E-state index contributed by atoms with van der Waals surface area (Å²) in [6.07, 6.45) is 0. The lowest BCUT2D eigenvalue weighted by molar-refractivity contribution is 0.661. The van der Waals surface area contributed by atoms with Gasteiger partial charge < -0.3 is 9.80 Å². The van der Waals surface area contributed by atoms with Crippen molar-refractivity contribution in [2.75, 3.05) is 9.80 Å². The molecule has 0 fully saturated rings. The molecular formula is C55H40N2S2. The van der Waals surface area contributed by atoms with Gasteiger partial charge in [0.2, 0.25) is 0 Å². The molecule has 0 atom stereocenters. The first kappa shape index (κ1) is 35.4. The molecule has 11 rings (SSSR count). The molecule has 59 heavy (non-hydrogen) atoms. The van der Waals surface area contributed by atoms with Gasteiger partial charge in [0.25, 0.3) is 0 Å². The summed E-state index contributed by atoms with van der Waals surface area (Å²) in [7, 11) is 0. The van der Waals surface area contributed by atoms with E-state index in [9.17, 15) is 0 Å². The molecule has 282 valence electrons. The molecule has 2 nitrogen and oxygen atoms in total. The highest BCUT2D eigenvalue weighted by Crippen LogP contribution is 2.57. The first-order valence-corrected chi connectivity index (χ1v) is 21.9. The molecule has 0 amide bonds. The highest BCUT2D eigenvalue weighted by atomic mass is 32.1. The van der Waals surface area contributed by atoms with Crippen molar-refractivity contribution in [3.8, 4) is 33.4 Å². The summed E-state index contributed by atoms with van der Waals surface area (Å²) in [5.41, 5.74) is 14.5. The van der Waals surface area contributed by atoms with Crippen LogP contribution in [-0.2, 0) is 5.41 Å². The van der Waals surface area contributed by atoms with Crippen LogP contribution in [0.1, 0.15) is 25.0 Å². The Bertz CT molecular complexity index is 3130. The smallest absolute Gasteiger partial charge is 0.1000 e. The van der Waals surface area contributed by atoms with E-state index < -0.39 is 0 Å². The summed E-state index contributed by atoms with van der Waals surface area (Å²) in [6.45, 7) is 4.78. The van der Waals surface area contributed by atoms with Crippen LogP contribution in [0.5, 0.6) is 0 Å².